The maximum absolute atomic E-state index is 13.2. The van der Waals surface area contributed by atoms with E-state index in [4.69, 9.17) is 4.52 Å². The molecule has 2 aromatic heterocycles. The van der Waals surface area contributed by atoms with Gasteiger partial charge in [0.2, 0.25) is 0 Å². The Balaban J connectivity index is 1.70. The molecular weight excluding hydrogens is 335 g/mol. The van der Waals surface area contributed by atoms with Crippen LogP contribution in [0.2, 0.25) is 0 Å². The molecule has 6 nitrogen and oxygen atoms in total. The summed E-state index contributed by atoms with van der Waals surface area (Å²) in [6.07, 6.45) is 2.18. The summed E-state index contributed by atoms with van der Waals surface area (Å²) in [7, 11) is 0. The van der Waals surface area contributed by atoms with Crippen LogP contribution in [0.1, 0.15) is 28.9 Å². The number of nitrogens with one attached hydrogen (secondary N) is 2. The molecular formula is C19H19FN4O2. The van der Waals surface area contributed by atoms with Gasteiger partial charge in [-0.1, -0.05) is 5.16 Å². The lowest BCUT2D eigenvalue weighted by atomic mass is 10.0. The van der Waals surface area contributed by atoms with Crippen molar-refractivity contribution in [3.05, 3.63) is 47.4 Å². The topological polar surface area (TPSA) is 80.0 Å². The smallest absolute Gasteiger partial charge is 0.259 e. The van der Waals surface area contributed by atoms with Crippen LogP contribution in [0.25, 0.3) is 22.4 Å². The lowest BCUT2D eigenvalue weighted by molar-refractivity contribution is 0.0952. The van der Waals surface area contributed by atoms with Crippen molar-refractivity contribution in [3.63, 3.8) is 0 Å². The Hall–Kier alpha value is -2.80. The molecule has 0 saturated carbocycles. The van der Waals surface area contributed by atoms with Gasteiger partial charge >= 0.3 is 0 Å². The highest BCUT2D eigenvalue weighted by atomic mass is 19.1. The first-order valence-corrected chi connectivity index (χ1v) is 8.66. The van der Waals surface area contributed by atoms with Crippen LogP contribution in [0, 0.1) is 12.7 Å². The third kappa shape index (κ3) is 3.17. The first-order valence-electron chi connectivity index (χ1n) is 8.66. The van der Waals surface area contributed by atoms with E-state index in [1.54, 1.807) is 25.1 Å². The van der Waals surface area contributed by atoms with E-state index in [0.29, 0.717) is 46.2 Å². The summed E-state index contributed by atoms with van der Waals surface area (Å²) in [4.78, 5) is 17.2. The number of rotatable bonds is 4. The highest BCUT2D eigenvalue weighted by Gasteiger charge is 2.21. The second kappa shape index (κ2) is 6.84. The van der Waals surface area contributed by atoms with Crippen molar-refractivity contribution in [1.82, 2.24) is 20.8 Å². The molecule has 7 heteroatoms. The molecule has 1 fully saturated rings. The summed E-state index contributed by atoms with van der Waals surface area (Å²) in [5, 5.41) is 10.9. The van der Waals surface area contributed by atoms with Gasteiger partial charge in [0.05, 0.1) is 22.3 Å². The van der Waals surface area contributed by atoms with Gasteiger partial charge in [-0.3, -0.25) is 4.79 Å². The number of hydrogen-bond donors (Lipinski definition) is 2. The van der Waals surface area contributed by atoms with Gasteiger partial charge in [0.15, 0.2) is 0 Å². The maximum atomic E-state index is 13.2. The van der Waals surface area contributed by atoms with Crippen molar-refractivity contribution in [2.24, 2.45) is 0 Å². The molecule has 4 rings (SSSR count). The van der Waals surface area contributed by atoms with Gasteiger partial charge in [0.1, 0.15) is 5.82 Å². The van der Waals surface area contributed by atoms with E-state index in [9.17, 15) is 9.18 Å². The average Bonchev–Trinajstić information content (AvgIpc) is 3.30. The minimum atomic E-state index is -0.327. The van der Waals surface area contributed by atoms with Crippen molar-refractivity contribution in [1.29, 1.82) is 0 Å². The lowest BCUT2D eigenvalue weighted by Gasteiger charge is -2.12. The molecule has 0 spiro atoms. The van der Waals surface area contributed by atoms with Crippen molar-refractivity contribution in [2.75, 3.05) is 13.1 Å². The molecule has 0 aliphatic carbocycles. The SMILES string of the molecule is Cc1noc2nc(-c3ccc(F)cc3)cc(C(=O)NCC3CCCN3)c12. The van der Waals surface area contributed by atoms with Crippen LogP contribution in [0.15, 0.2) is 34.9 Å². The Labute approximate surface area is 149 Å². The molecule has 1 aliphatic rings. The molecule has 1 aromatic carbocycles. The monoisotopic (exact) mass is 354 g/mol. The van der Waals surface area contributed by atoms with Crippen LogP contribution in [0.3, 0.4) is 0 Å². The summed E-state index contributed by atoms with van der Waals surface area (Å²) < 4.78 is 18.5. The molecule has 3 aromatic rings. The van der Waals surface area contributed by atoms with Crippen LogP contribution < -0.4 is 10.6 Å². The van der Waals surface area contributed by atoms with E-state index < -0.39 is 0 Å². The number of aryl methyl sites for hydroxylation is 1. The van der Waals surface area contributed by atoms with Gasteiger partial charge in [0, 0.05) is 18.2 Å². The van der Waals surface area contributed by atoms with E-state index in [-0.39, 0.29) is 11.7 Å². The number of fused-ring (bicyclic) bond motifs is 1. The van der Waals surface area contributed by atoms with E-state index >= 15 is 0 Å². The van der Waals surface area contributed by atoms with Crippen LogP contribution in [0.4, 0.5) is 4.39 Å². The summed E-state index contributed by atoms with van der Waals surface area (Å²) in [5.41, 5.74) is 2.62. The van der Waals surface area contributed by atoms with Crippen LogP contribution in [-0.4, -0.2) is 35.2 Å². The minimum absolute atomic E-state index is 0.194. The van der Waals surface area contributed by atoms with Gasteiger partial charge in [-0.15, -0.1) is 0 Å². The number of amides is 1. The van der Waals surface area contributed by atoms with Gasteiger partial charge < -0.3 is 15.2 Å². The molecule has 0 radical (unpaired) electrons. The Morgan fingerprint density at radius 2 is 2.19 bits per heavy atom. The van der Waals surface area contributed by atoms with Crippen LogP contribution >= 0.6 is 0 Å². The second-order valence-electron chi connectivity index (χ2n) is 6.51. The first-order chi connectivity index (χ1) is 12.6. The highest BCUT2D eigenvalue weighted by molar-refractivity contribution is 6.07. The van der Waals surface area contributed by atoms with Crippen LogP contribution in [0.5, 0.6) is 0 Å². The molecule has 1 atom stereocenters. The van der Waals surface area contributed by atoms with Crippen molar-refractivity contribution in [2.45, 2.75) is 25.8 Å². The summed E-state index contributed by atoms with van der Waals surface area (Å²) >= 11 is 0. The Morgan fingerprint density at radius 3 is 2.92 bits per heavy atom. The summed E-state index contributed by atoms with van der Waals surface area (Å²) in [5.74, 6) is -0.520. The number of nitrogens with zero attached hydrogens (tertiary/aromatic N) is 2. The highest BCUT2D eigenvalue weighted by Crippen LogP contribution is 2.27. The molecule has 3 heterocycles. The number of benzene rings is 1. The first kappa shape index (κ1) is 16.7. The molecule has 134 valence electrons. The zero-order valence-electron chi connectivity index (χ0n) is 14.4. The molecule has 0 bridgehead atoms. The van der Waals surface area contributed by atoms with E-state index in [2.05, 4.69) is 20.8 Å². The minimum Gasteiger partial charge on any atom is -0.350 e. The molecule has 26 heavy (non-hydrogen) atoms. The number of carbonyl (C=O) groups excluding carboxylic acids is 1. The Morgan fingerprint density at radius 1 is 1.38 bits per heavy atom. The molecule has 1 amide bonds. The molecule has 1 unspecified atom stereocenters. The number of aromatic nitrogens is 2. The van der Waals surface area contributed by atoms with Gasteiger partial charge in [-0.05, 0) is 56.6 Å². The fourth-order valence-corrected chi connectivity index (χ4v) is 3.28. The van der Waals surface area contributed by atoms with Crippen molar-refractivity contribution >= 4 is 17.0 Å². The zero-order chi connectivity index (χ0) is 18.1. The van der Waals surface area contributed by atoms with Crippen LogP contribution in [-0.2, 0) is 0 Å². The van der Waals surface area contributed by atoms with Gasteiger partial charge in [-0.25, -0.2) is 9.37 Å². The molecule has 1 saturated heterocycles. The lowest BCUT2D eigenvalue weighted by Crippen LogP contribution is -2.37. The van der Waals surface area contributed by atoms with Crippen molar-refractivity contribution in [3.8, 4) is 11.3 Å². The fourth-order valence-electron chi connectivity index (χ4n) is 3.28. The summed E-state index contributed by atoms with van der Waals surface area (Å²) in [6.45, 7) is 3.33. The van der Waals surface area contributed by atoms with Gasteiger partial charge in [0.25, 0.3) is 11.6 Å². The van der Waals surface area contributed by atoms with Gasteiger partial charge in [-0.2, -0.15) is 0 Å². The zero-order valence-corrected chi connectivity index (χ0v) is 14.4. The second-order valence-corrected chi connectivity index (χ2v) is 6.51. The normalized spacial score (nSPS) is 16.9. The Kier molecular flexibility index (Phi) is 4.38. The number of carbonyl (C=O) groups is 1. The van der Waals surface area contributed by atoms with E-state index in [1.807, 2.05) is 0 Å². The number of hydrogen-bond acceptors (Lipinski definition) is 5. The van der Waals surface area contributed by atoms with E-state index in [1.165, 1.54) is 12.1 Å². The number of halogens is 1. The predicted molar refractivity (Wildman–Crippen MR) is 95.3 cm³/mol. The fraction of sp³-hybridized carbons (Fsp3) is 0.316. The average molecular weight is 354 g/mol. The molecule has 2 N–H and O–H groups in total. The maximum Gasteiger partial charge on any atom is 0.259 e. The number of pyridine rings is 1. The summed E-state index contributed by atoms with van der Waals surface area (Å²) in [6, 6.07) is 7.97. The standard InChI is InChI=1S/C19H19FN4O2/c1-11-17-15(18(25)22-10-14-3-2-8-21-14)9-16(23-19(17)26-24-11)12-4-6-13(20)7-5-12/h4-7,9,14,21H,2-3,8,10H2,1H3,(H,22,25). The third-order valence-corrected chi connectivity index (χ3v) is 4.67. The molecule has 1 aliphatic heterocycles. The van der Waals surface area contributed by atoms with Crippen molar-refractivity contribution < 1.29 is 13.7 Å². The van der Waals surface area contributed by atoms with E-state index in [0.717, 1.165) is 19.4 Å². The Bertz CT molecular complexity index is 946. The largest absolute Gasteiger partial charge is 0.350 e. The quantitative estimate of drug-likeness (QED) is 0.753. The predicted octanol–water partition coefficient (Wildman–Crippen LogP) is 2.82. The third-order valence-electron chi connectivity index (χ3n) is 4.67.